The number of aromatic nitrogens is 2. The summed E-state index contributed by atoms with van der Waals surface area (Å²) in [6, 6.07) is 11.2. The lowest BCUT2D eigenvalue weighted by Gasteiger charge is -2.08. The normalized spacial score (nSPS) is 11.0. The molecule has 1 amide bonds. The van der Waals surface area contributed by atoms with Crippen LogP contribution < -0.4 is 16.3 Å². The predicted molar refractivity (Wildman–Crippen MR) is 109 cm³/mol. The summed E-state index contributed by atoms with van der Waals surface area (Å²) in [5, 5.41) is 22.7. The number of carbonyl (C=O) groups excluding carboxylic acids is 1. The fraction of sp³-hybridized carbons (Fsp3) is 0.158. The molecule has 1 aromatic heterocycles. The molecule has 2 N–H and O–H groups in total. The van der Waals surface area contributed by atoms with E-state index < -0.39 is 10.8 Å². The highest BCUT2D eigenvalue weighted by Crippen LogP contribution is 2.24. The molecule has 3 aromatic rings. The van der Waals surface area contributed by atoms with Crippen molar-refractivity contribution in [3.63, 3.8) is 0 Å². The highest BCUT2D eigenvalue weighted by atomic mass is 16.6. The van der Waals surface area contributed by atoms with E-state index in [1.165, 1.54) is 17.0 Å². The van der Waals surface area contributed by atoms with Gasteiger partial charge in [0.15, 0.2) is 5.69 Å². The molecule has 0 saturated heterocycles. The van der Waals surface area contributed by atoms with Gasteiger partial charge in [-0.1, -0.05) is 24.3 Å². The number of nitro benzene ring substituents is 1. The number of nitrogens with zero attached hydrogens (tertiary/aromatic N) is 4. The molecule has 0 unspecified atom stereocenters. The van der Waals surface area contributed by atoms with Crippen LogP contribution in [0.1, 0.15) is 23.0 Å². The second-order valence-electron chi connectivity index (χ2n) is 6.00. The van der Waals surface area contributed by atoms with Crippen molar-refractivity contribution in [2.45, 2.75) is 13.5 Å². The first-order valence-electron chi connectivity index (χ1n) is 8.75. The number of aryl methyl sites for hydroxylation is 1. The van der Waals surface area contributed by atoms with Crippen molar-refractivity contribution in [2.24, 2.45) is 5.10 Å². The summed E-state index contributed by atoms with van der Waals surface area (Å²) in [5.74, 6) is -0.596. The minimum Gasteiger partial charge on any atom is -0.383 e. The third-order valence-corrected chi connectivity index (χ3v) is 4.25. The number of amides is 1. The van der Waals surface area contributed by atoms with Gasteiger partial charge in [-0.3, -0.25) is 19.7 Å². The van der Waals surface area contributed by atoms with Crippen LogP contribution in [0.2, 0.25) is 0 Å². The largest absolute Gasteiger partial charge is 0.383 e. The lowest BCUT2D eigenvalue weighted by Crippen LogP contribution is -2.28. The number of nitrogens with one attached hydrogen (secondary N) is 2. The molecule has 2 aromatic carbocycles. The van der Waals surface area contributed by atoms with Crippen LogP contribution in [0, 0.1) is 10.1 Å². The Morgan fingerprint density at radius 2 is 2.00 bits per heavy atom. The summed E-state index contributed by atoms with van der Waals surface area (Å²) in [5.41, 5.74) is 2.84. The Kier molecular flexibility index (Phi) is 5.63. The Hall–Kier alpha value is -4.08. The number of hydrogen-bond acceptors (Lipinski definition) is 7. The molecule has 0 aliphatic carbocycles. The van der Waals surface area contributed by atoms with Crippen molar-refractivity contribution >= 4 is 34.3 Å². The van der Waals surface area contributed by atoms with Crippen LogP contribution in [0.3, 0.4) is 0 Å². The average molecular weight is 394 g/mol. The zero-order valence-electron chi connectivity index (χ0n) is 15.7. The van der Waals surface area contributed by atoms with Gasteiger partial charge in [0.25, 0.3) is 17.2 Å². The lowest BCUT2D eigenvalue weighted by molar-refractivity contribution is -0.383. The monoisotopic (exact) mass is 394 g/mol. The summed E-state index contributed by atoms with van der Waals surface area (Å²) in [4.78, 5) is 35.6. The Balaban J connectivity index is 1.88. The highest BCUT2D eigenvalue weighted by Gasteiger charge is 2.16. The summed E-state index contributed by atoms with van der Waals surface area (Å²) in [6.45, 7) is 2.07. The lowest BCUT2D eigenvalue weighted by atomic mass is 10.1. The quantitative estimate of drug-likeness (QED) is 0.374. The molecule has 29 heavy (non-hydrogen) atoms. The molecular formula is C19H18N6O4. The summed E-state index contributed by atoms with van der Waals surface area (Å²) in [6.07, 6.45) is 1.29. The molecule has 0 aliphatic heterocycles. The van der Waals surface area contributed by atoms with Crippen molar-refractivity contribution in [3.8, 4) is 0 Å². The van der Waals surface area contributed by atoms with Crippen LogP contribution in [-0.4, -0.2) is 33.9 Å². The van der Waals surface area contributed by atoms with Crippen molar-refractivity contribution in [1.29, 1.82) is 0 Å². The number of anilines is 1. The fourth-order valence-corrected chi connectivity index (χ4v) is 2.83. The zero-order valence-corrected chi connectivity index (χ0v) is 15.7. The van der Waals surface area contributed by atoms with Crippen LogP contribution >= 0.6 is 0 Å². The van der Waals surface area contributed by atoms with Gasteiger partial charge in [0.2, 0.25) is 0 Å². The molecule has 0 saturated carbocycles. The Labute approximate surface area is 165 Å². The smallest absolute Gasteiger partial charge is 0.292 e. The molecule has 0 radical (unpaired) electrons. The number of nitro groups is 1. The van der Waals surface area contributed by atoms with Crippen molar-refractivity contribution in [2.75, 3.05) is 12.4 Å². The van der Waals surface area contributed by atoms with Gasteiger partial charge in [-0.05, 0) is 19.1 Å². The Morgan fingerprint density at radius 3 is 2.66 bits per heavy atom. The first-order chi connectivity index (χ1) is 14.0. The van der Waals surface area contributed by atoms with Gasteiger partial charge in [-0.2, -0.15) is 10.2 Å². The van der Waals surface area contributed by atoms with Gasteiger partial charge in [0.05, 0.1) is 16.5 Å². The third-order valence-electron chi connectivity index (χ3n) is 4.25. The summed E-state index contributed by atoms with van der Waals surface area (Å²) in [7, 11) is 1.59. The molecule has 0 atom stereocenters. The highest BCUT2D eigenvalue weighted by molar-refractivity contribution is 6.05. The predicted octanol–water partition coefficient (Wildman–Crippen LogP) is 2.13. The minimum atomic E-state index is -0.596. The second kappa shape index (κ2) is 8.30. The number of fused-ring (bicyclic) bond motifs is 1. The number of hydrogen-bond donors (Lipinski definition) is 2. The first kappa shape index (κ1) is 19.7. The zero-order chi connectivity index (χ0) is 21.0. The van der Waals surface area contributed by atoms with E-state index >= 15 is 0 Å². The van der Waals surface area contributed by atoms with Crippen LogP contribution in [0.15, 0.2) is 52.4 Å². The maximum Gasteiger partial charge on any atom is 0.292 e. The van der Waals surface area contributed by atoms with E-state index in [4.69, 9.17) is 0 Å². The standard InChI is InChI=1S/C19H18N6O4/c1-3-24-19(27)14-7-5-4-6-13(14)17(23-24)18(26)22-21-11-12-8-9-15(20-2)16(10-12)25(28)29/h4-11,20H,3H2,1-2H3,(H,22,26)/b21-11+. The summed E-state index contributed by atoms with van der Waals surface area (Å²) >= 11 is 0. The van der Waals surface area contributed by atoms with E-state index in [-0.39, 0.29) is 16.9 Å². The minimum absolute atomic E-state index is 0.0655. The number of carbonyl (C=O) groups is 1. The number of rotatable bonds is 6. The van der Waals surface area contributed by atoms with Gasteiger partial charge >= 0.3 is 0 Å². The molecule has 3 rings (SSSR count). The SMILES string of the molecule is CCn1nc(C(=O)N/N=C/c2ccc(NC)c([N+](=O)[O-])c2)c2ccccc2c1=O. The van der Waals surface area contributed by atoms with Gasteiger partial charge < -0.3 is 5.32 Å². The Bertz CT molecular complexity index is 1190. The van der Waals surface area contributed by atoms with E-state index in [1.54, 1.807) is 50.4 Å². The third kappa shape index (κ3) is 3.95. The molecule has 10 heteroatoms. The van der Waals surface area contributed by atoms with Gasteiger partial charge in [-0.25, -0.2) is 10.1 Å². The van der Waals surface area contributed by atoms with E-state index in [0.29, 0.717) is 28.6 Å². The molecule has 148 valence electrons. The number of benzene rings is 2. The first-order valence-corrected chi connectivity index (χ1v) is 8.75. The molecular weight excluding hydrogens is 376 g/mol. The molecule has 0 fully saturated rings. The van der Waals surface area contributed by atoms with Gasteiger partial charge in [0.1, 0.15) is 5.69 Å². The fourth-order valence-electron chi connectivity index (χ4n) is 2.83. The van der Waals surface area contributed by atoms with Crippen molar-refractivity contribution < 1.29 is 9.72 Å². The number of hydrazone groups is 1. The maximum atomic E-state index is 12.6. The van der Waals surface area contributed by atoms with Crippen molar-refractivity contribution in [1.82, 2.24) is 15.2 Å². The molecule has 0 bridgehead atoms. The second-order valence-corrected chi connectivity index (χ2v) is 6.00. The molecule has 10 nitrogen and oxygen atoms in total. The molecule has 1 heterocycles. The summed E-state index contributed by atoms with van der Waals surface area (Å²) < 4.78 is 1.21. The molecule has 0 spiro atoms. The topological polar surface area (TPSA) is 132 Å². The van der Waals surface area contributed by atoms with E-state index in [0.717, 1.165) is 0 Å². The van der Waals surface area contributed by atoms with E-state index in [9.17, 15) is 19.7 Å². The van der Waals surface area contributed by atoms with Crippen LogP contribution in [0.25, 0.3) is 10.8 Å². The Morgan fingerprint density at radius 1 is 1.28 bits per heavy atom. The average Bonchev–Trinajstić information content (AvgIpc) is 2.74. The molecule has 0 aliphatic rings. The van der Waals surface area contributed by atoms with E-state index in [1.807, 2.05) is 0 Å². The van der Waals surface area contributed by atoms with Gasteiger partial charge in [-0.15, -0.1) is 0 Å². The maximum absolute atomic E-state index is 12.6. The van der Waals surface area contributed by atoms with Crippen LogP contribution in [-0.2, 0) is 6.54 Å². The van der Waals surface area contributed by atoms with E-state index in [2.05, 4.69) is 20.9 Å². The van der Waals surface area contributed by atoms with Crippen LogP contribution in [0.4, 0.5) is 11.4 Å². The van der Waals surface area contributed by atoms with Gasteiger partial charge in [0, 0.05) is 30.6 Å². The van der Waals surface area contributed by atoms with Crippen molar-refractivity contribution in [3.05, 3.63) is 74.2 Å². The van der Waals surface area contributed by atoms with Crippen LogP contribution in [0.5, 0.6) is 0 Å².